The SMILES string of the molecule is Cc1cccc(N2C(=O)C(=O)/C(=C(\O)c3ccc(Cl)c(Cl)c3)C2c2ccncc2)c1. The second-order valence-corrected chi connectivity index (χ2v) is 7.73. The monoisotopic (exact) mass is 438 g/mol. The quantitative estimate of drug-likeness (QED) is 0.341. The van der Waals surface area contributed by atoms with Gasteiger partial charge in [-0.15, -0.1) is 0 Å². The Balaban J connectivity index is 1.95. The third kappa shape index (κ3) is 3.47. The van der Waals surface area contributed by atoms with Gasteiger partial charge in [-0.2, -0.15) is 0 Å². The fourth-order valence-corrected chi connectivity index (χ4v) is 3.83. The summed E-state index contributed by atoms with van der Waals surface area (Å²) < 4.78 is 0. The van der Waals surface area contributed by atoms with Crippen molar-refractivity contribution in [3.63, 3.8) is 0 Å². The molecule has 0 radical (unpaired) electrons. The number of rotatable bonds is 3. The van der Waals surface area contributed by atoms with E-state index in [0.717, 1.165) is 5.56 Å². The van der Waals surface area contributed by atoms with E-state index in [0.29, 0.717) is 21.8 Å². The Labute approximate surface area is 183 Å². The number of aliphatic hydroxyl groups excluding tert-OH is 1. The number of aliphatic hydroxyl groups is 1. The van der Waals surface area contributed by atoms with Crippen LogP contribution in [0.5, 0.6) is 0 Å². The normalized spacial score (nSPS) is 18.1. The Kier molecular flexibility index (Phi) is 5.33. The molecule has 1 aliphatic rings. The molecule has 1 amide bonds. The topological polar surface area (TPSA) is 70.5 Å². The molecule has 5 nitrogen and oxygen atoms in total. The molecule has 1 fully saturated rings. The lowest BCUT2D eigenvalue weighted by Crippen LogP contribution is -2.29. The first kappa shape index (κ1) is 20.1. The highest BCUT2D eigenvalue weighted by molar-refractivity contribution is 6.51. The summed E-state index contributed by atoms with van der Waals surface area (Å²) in [5.74, 6) is -1.81. The molecule has 1 aromatic heterocycles. The maximum absolute atomic E-state index is 13.0. The van der Waals surface area contributed by atoms with Crippen molar-refractivity contribution < 1.29 is 14.7 Å². The van der Waals surface area contributed by atoms with Gasteiger partial charge in [0.1, 0.15) is 5.76 Å². The Bertz CT molecular complexity index is 1190. The fraction of sp³-hybridized carbons (Fsp3) is 0.0870. The van der Waals surface area contributed by atoms with Gasteiger partial charge in [-0.3, -0.25) is 19.5 Å². The average molecular weight is 439 g/mol. The molecule has 30 heavy (non-hydrogen) atoms. The van der Waals surface area contributed by atoms with Crippen LogP contribution >= 0.6 is 23.2 Å². The van der Waals surface area contributed by atoms with Crippen LogP contribution in [0.25, 0.3) is 5.76 Å². The number of hydrogen-bond acceptors (Lipinski definition) is 4. The molecule has 0 aliphatic carbocycles. The lowest BCUT2D eigenvalue weighted by Gasteiger charge is -2.25. The summed E-state index contributed by atoms with van der Waals surface area (Å²) in [7, 11) is 0. The number of aromatic nitrogens is 1. The molecular formula is C23H16Cl2N2O3. The zero-order valence-electron chi connectivity index (χ0n) is 15.8. The lowest BCUT2D eigenvalue weighted by molar-refractivity contribution is -0.132. The zero-order chi connectivity index (χ0) is 21.4. The number of anilines is 1. The minimum Gasteiger partial charge on any atom is -0.507 e. The molecule has 2 aromatic carbocycles. The van der Waals surface area contributed by atoms with Crippen molar-refractivity contribution in [1.29, 1.82) is 0 Å². The molecule has 4 rings (SSSR count). The number of pyridine rings is 1. The van der Waals surface area contributed by atoms with Crippen LogP contribution in [0, 0.1) is 6.92 Å². The van der Waals surface area contributed by atoms with E-state index < -0.39 is 17.7 Å². The van der Waals surface area contributed by atoms with E-state index in [1.165, 1.54) is 17.0 Å². The van der Waals surface area contributed by atoms with Crippen molar-refractivity contribution in [1.82, 2.24) is 4.98 Å². The summed E-state index contributed by atoms with van der Waals surface area (Å²) in [6.07, 6.45) is 3.15. The Hall–Kier alpha value is -3.15. The van der Waals surface area contributed by atoms with Gasteiger partial charge in [-0.1, -0.05) is 35.3 Å². The molecule has 2 heterocycles. The number of ketones is 1. The Morgan fingerprint density at radius 3 is 2.40 bits per heavy atom. The average Bonchev–Trinajstić information content (AvgIpc) is 3.01. The summed E-state index contributed by atoms with van der Waals surface area (Å²) in [6, 6.07) is 14.4. The van der Waals surface area contributed by atoms with Crippen LogP contribution in [0.2, 0.25) is 10.0 Å². The molecule has 0 bridgehead atoms. The van der Waals surface area contributed by atoms with Crippen LogP contribution in [0.1, 0.15) is 22.7 Å². The summed E-state index contributed by atoms with van der Waals surface area (Å²) in [4.78, 5) is 31.5. The molecule has 7 heteroatoms. The highest BCUT2D eigenvalue weighted by atomic mass is 35.5. The van der Waals surface area contributed by atoms with Crippen molar-refractivity contribution in [3.8, 4) is 0 Å². The van der Waals surface area contributed by atoms with E-state index in [9.17, 15) is 14.7 Å². The first-order chi connectivity index (χ1) is 14.4. The number of Topliss-reactive ketones (excluding diaryl/α,β-unsaturated/α-hetero) is 1. The first-order valence-corrected chi connectivity index (χ1v) is 9.87. The van der Waals surface area contributed by atoms with Gasteiger partial charge in [0.2, 0.25) is 0 Å². The van der Waals surface area contributed by atoms with Gasteiger partial charge in [-0.05, 0) is 60.5 Å². The maximum atomic E-state index is 13.0. The predicted molar refractivity (Wildman–Crippen MR) is 117 cm³/mol. The van der Waals surface area contributed by atoms with Gasteiger partial charge < -0.3 is 5.11 Å². The first-order valence-electron chi connectivity index (χ1n) is 9.11. The van der Waals surface area contributed by atoms with Crippen molar-refractivity contribution in [2.75, 3.05) is 4.90 Å². The fourth-order valence-electron chi connectivity index (χ4n) is 3.54. The molecule has 150 valence electrons. The third-order valence-corrected chi connectivity index (χ3v) is 5.68. The van der Waals surface area contributed by atoms with Gasteiger partial charge in [0, 0.05) is 23.6 Å². The highest BCUT2D eigenvalue weighted by Gasteiger charge is 2.47. The Morgan fingerprint density at radius 1 is 1.00 bits per heavy atom. The zero-order valence-corrected chi connectivity index (χ0v) is 17.4. The van der Waals surface area contributed by atoms with Crippen molar-refractivity contribution in [3.05, 3.63) is 99.3 Å². The van der Waals surface area contributed by atoms with E-state index in [1.807, 2.05) is 25.1 Å². The number of halogens is 2. The molecule has 0 saturated carbocycles. The third-order valence-electron chi connectivity index (χ3n) is 4.94. The maximum Gasteiger partial charge on any atom is 0.300 e. The van der Waals surface area contributed by atoms with Crippen molar-refractivity contribution in [2.45, 2.75) is 13.0 Å². The predicted octanol–water partition coefficient (Wildman–Crippen LogP) is 5.32. The molecule has 1 saturated heterocycles. The number of amides is 1. The molecular weight excluding hydrogens is 423 g/mol. The molecule has 0 spiro atoms. The van der Waals surface area contributed by atoms with E-state index in [2.05, 4.69) is 4.98 Å². The second-order valence-electron chi connectivity index (χ2n) is 6.92. The van der Waals surface area contributed by atoms with Gasteiger partial charge in [0.05, 0.1) is 21.7 Å². The van der Waals surface area contributed by atoms with Crippen LogP contribution < -0.4 is 4.90 Å². The minimum atomic E-state index is -0.816. The smallest absolute Gasteiger partial charge is 0.300 e. The highest BCUT2D eigenvalue weighted by Crippen LogP contribution is 2.42. The molecule has 1 unspecified atom stereocenters. The summed E-state index contributed by atoms with van der Waals surface area (Å²) in [6.45, 7) is 1.90. The van der Waals surface area contributed by atoms with Gasteiger partial charge in [0.15, 0.2) is 0 Å². The van der Waals surface area contributed by atoms with Gasteiger partial charge in [-0.25, -0.2) is 0 Å². The lowest BCUT2D eigenvalue weighted by atomic mass is 9.95. The van der Waals surface area contributed by atoms with Crippen LogP contribution in [0.4, 0.5) is 5.69 Å². The molecule has 1 N–H and O–H groups in total. The standard InChI is InChI=1S/C23H16Cl2N2O3/c1-13-3-2-4-16(11-13)27-20(14-7-9-26-10-8-14)19(22(29)23(27)30)21(28)15-5-6-17(24)18(25)12-15/h2-12,20,28H,1H3/b21-19-. The van der Waals surface area contributed by atoms with E-state index in [-0.39, 0.29) is 16.4 Å². The number of hydrogen-bond donors (Lipinski definition) is 1. The van der Waals surface area contributed by atoms with Crippen LogP contribution in [0.15, 0.2) is 72.6 Å². The molecule has 1 atom stereocenters. The van der Waals surface area contributed by atoms with Gasteiger partial charge in [0.25, 0.3) is 11.7 Å². The number of carbonyl (C=O) groups excluding carboxylic acids is 2. The van der Waals surface area contributed by atoms with E-state index in [4.69, 9.17) is 23.2 Å². The number of benzene rings is 2. The van der Waals surface area contributed by atoms with Crippen LogP contribution in [0.3, 0.4) is 0 Å². The Morgan fingerprint density at radius 2 is 1.73 bits per heavy atom. The number of nitrogens with zero attached hydrogens (tertiary/aromatic N) is 2. The molecule has 1 aliphatic heterocycles. The summed E-state index contributed by atoms with van der Waals surface area (Å²) >= 11 is 12.1. The summed E-state index contributed by atoms with van der Waals surface area (Å²) in [5, 5.41) is 11.6. The number of aryl methyl sites for hydroxylation is 1. The minimum absolute atomic E-state index is 0.0221. The number of carbonyl (C=O) groups is 2. The van der Waals surface area contributed by atoms with Crippen LogP contribution in [-0.2, 0) is 9.59 Å². The summed E-state index contributed by atoms with van der Waals surface area (Å²) in [5.41, 5.74) is 2.42. The van der Waals surface area contributed by atoms with E-state index >= 15 is 0 Å². The second kappa shape index (κ2) is 7.94. The van der Waals surface area contributed by atoms with E-state index in [1.54, 1.807) is 36.7 Å². The largest absolute Gasteiger partial charge is 0.507 e. The van der Waals surface area contributed by atoms with Crippen LogP contribution in [-0.4, -0.2) is 21.8 Å². The van der Waals surface area contributed by atoms with Crippen molar-refractivity contribution in [2.24, 2.45) is 0 Å². The van der Waals surface area contributed by atoms with Crippen molar-refractivity contribution >= 4 is 46.3 Å². The van der Waals surface area contributed by atoms with Gasteiger partial charge >= 0.3 is 0 Å². The molecule has 3 aromatic rings.